The Balaban J connectivity index is 1.38. The van der Waals surface area contributed by atoms with Gasteiger partial charge in [-0.3, -0.25) is 14.4 Å². The number of nitrogens with one attached hydrogen (secondary N) is 1. The molecule has 1 fully saturated rings. The Kier molecular flexibility index (Phi) is 8.77. The number of aromatic nitrogens is 3. The summed E-state index contributed by atoms with van der Waals surface area (Å²) in [7, 11) is 1.28. The van der Waals surface area contributed by atoms with Crippen LogP contribution in [-0.4, -0.2) is 56.4 Å². The van der Waals surface area contributed by atoms with E-state index in [1.54, 1.807) is 33.5 Å². The molecule has 2 unspecified atom stereocenters. The van der Waals surface area contributed by atoms with Crippen LogP contribution in [0.4, 0.5) is 10.1 Å². The van der Waals surface area contributed by atoms with E-state index in [2.05, 4.69) is 15.6 Å². The molecular weight excluding hydrogens is 509 g/mol. The number of carbonyl (C=O) groups excluding carboxylic acids is 3. The van der Waals surface area contributed by atoms with Crippen molar-refractivity contribution in [2.75, 3.05) is 24.1 Å². The Labute approximate surface area is 224 Å². The first-order chi connectivity index (χ1) is 18.2. The number of halogens is 1. The molecule has 1 aromatic heterocycles. The van der Waals surface area contributed by atoms with Crippen LogP contribution in [0.2, 0.25) is 0 Å². The van der Waals surface area contributed by atoms with Crippen LogP contribution >= 0.6 is 11.8 Å². The zero-order valence-electron chi connectivity index (χ0n) is 21.5. The molecular formula is C27H30FN5O4S. The summed E-state index contributed by atoms with van der Waals surface area (Å²) in [5, 5.41) is 11.3. The van der Waals surface area contributed by atoms with Crippen molar-refractivity contribution in [2.24, 2.45) is 11.8 Å². The molecule has 9 nitrogen and oxygen atoms in total. The number of benzene rings is 2. The van der Waals surface area contributed by atoms with Gasteiger partial charge in [-0.1, -0.05) is 31.2 Å². The number of ether oxygens (including phenoxy) is 1. The molecule has 0 bridgehead atoms. The van der Waals surface area contributed by atoms with Gasteiger partial charge in [-0.2, -0.15) is 0 Å². The number of hydrogen-bond donors (Lipinski definition) is 1. The maximum Gasteiger partial charge on any atom is 0.318 e. The summed E-state index contributed by atoms with van der Waals surface area (Å²) in [4.78, 5) is 39.4. The van der Waals surface area contributed by atoms with Crippen molar-refractivity contribution in [3.05, 3.63) is 77.4 Å². The van der Waals surface area contributed by atoms with Gasteiger partial charge < -0.3 is 15.0 Å². The fourth-order valence-corrected chi connectivity index (χ4v) is 5.40. The lowest BCUT2D eigenvalue weighted by molar-refractivity contribution is -0.149. The summed E-state index contributed by atoms with van der Waals surface area (Å²) >= 11 is 1.63. The van der Waals surface area contributed by atoms with E-state index >= 15 is 0 Å². The zero-order valence-corrected chi connectivity index (χ0v) is 22.3. The standard InChI is InChI=1S/C27H30FN5O4S/c1-17(2)12-22(27(36)37-3)25(34)29-21-10-4-18(5-11-21)13-32-14-23(30-31-32)24-15-38-16-33(24)26(35)19-6-8-20(28)9-7-19/h4-11,14,17,22,24H,12-13,15-16H2,1-3H3,(H,29,34). The highest BCUT2D eigenvalue weighted by Crippen LogP contribution is 2.33. The maximum absolute atomic E-state index is 13.3. The van der Waals surface area contributed by atoms with E-state index in [1.165, 1.54) is 31.4 Å². The van der Waals surface area contributed by atoms with E-state index in [9.17, 15) is 18.8 Å². The molecule has 2 heterocycles. The minimum atomic E-state index is -0.864. The largest absolute Gasteiger partial charge is 0.468 e. The number of carbonyl (C=O) groups is 3. The number of thioether (sulfide) groups is 1. The Morgan fingerprint density at radius 1 is 1.13 bits per heavy atom. The molecule has 11 heteroatoms. The molecule has 0 radical (unpaired) electrons. The molecule has 2 amide bonds. The Bertz CT molecular complexity index is 1280. The number of anilines is 1. The van der Waals surface area contributed by atoms with Crippen LogP contribution in [0.25, 0.3) is 0 Å². The SMILES string of the molecule is COC(=O)C(CC(C)C)C(=O)Nc1ccc(Cn2cc(C3CSCN3C(=O)c3ccc(F)cc3)nn2)cc1. The van der Waals surface area contributed by atoms with E-state index in [0.29, 0.717) is 41.5 Å². The van der Waals surface area contributed by atoms with Gasteiger partial charge in [0.1, 0.15) is 17.4 Å². The fourth-order valence-electron chi connectivity index (χ4n) is 4.22. The number of nitrogens with zero attached hydrogens (tertiary/aromatic N) is 4. The molecule has 4 rings (SSSR count). The number of amides is 2. The molecule has 1 aliphatic heterocycles. The maximum atomic E-state index is 13.3. The second kappa shape index (κ2) is 12.2. The van der Waals surface area contributed by atoms with Crippen molar-refractivity contribution >= 4 is 35.2 Å². The Morgan fingerprint density at radius 2 is 1.84 bits per heavy atom. The first-order valence-electron chi connectivity index (χ1n) is 12.3. The van der Waals surface area contributed by atoms with Crippen molar-refractivity contribution in [1.29, 1.82) is 0 Å². The van der Waals surface area contributed by atoms with E-state index in [-0.39, 0.29) is 23.7 Å². The van der Waals surface area contributed by atoms with E-state index in [1.807, 2.05) is 32.2 Å². The molecule has 0 aliphatic carbocycles. The molecule has 0 spiro atoms. The van der Waals surface area contributed by atoms with Crippen LogP contribution in [0.1, 0.15) is 47.9 Å². The predicted molar refractivity (Wildman–Crippen MR) is 142 cm³/mol. The highest BCUT2D eigenvalue weighted by molar-refractivity contribution is 7.99. The van der Waals surface area contributed by atoms with Crippen LogP contribution in [0.5, 0.6) is 0 Å². The Hall–Kier alpha value is -3.73. The molecule has 38 heavy (non-hydrogen) atoms. The highest BCUT2D eigenvalue weighted by Gasteiger charge is 2.33. The lowest BCUT2D eigenvalue weighted by Crippen LogP contribution is -2.31. The second-order valence-electron chi connectivity index (χ2n) is 9.53. The minimum absolute atomic E-state index is 0.163. The molecule has 200 valence electrons. The lowest BCUT2D eigenvalue weighted by atomic mass is 9.96. The van der Waals surface area contributed by atoms with Gasteiger partial charge in [0.05, 0.1) is 31.8 Å². The molecule has 1 aliphatic rings. The second-order valence-corrected chi connectivity index (χ2v) is 10.5. The van der Waals surface area contributed by atoms with Gasteiger partial charge in [0, 0.05) is 17.0 Å². The molecule has 0 saturated carbocycles. The molecule has 2 aromatic carbocycles. The molecule has 1 saturated heterocycles. The van der Waals surface area contributed by atoms with Gasteiger partial charge in [-0.05, 0) is 54.3 Å². The monoisotopic (exact) mass is 539 g/mol. The fraction of sp³-hybridized carbons (Fsp3) is 0.370. The number of methoxy groups -OCH3 is 1. The van der Waals surface area contributed by atoms with E-state index < -0.39 is 17.8 Å². The van der Waals surface area contributed by atoms with Crippen molar-refractivity contribution in [1.82, 2.24) is 19.9 Å². The van der Waals surface area contributed by atoms with Crippen molar-refractivity contribution in [3.63, 3.8) is 0 Å². The predicted octanol–water partition coefficient (Wildman–Crippen LogP) is 4.13. The quantitative estimate of drug-likeness (QED) is 0.322. The molecule has 2 atom stereocenters. The molecule has 3 aromatic rings. The minimum Gasteiger partial charge on any atom is -0.468 e. The summed E-state index contributed by atoms with van der Waals surface area (Å²) in [5.74, 6) is -0.981. The van der Waals surface area contributed by atoms with Crippen LogP contribution in [0.3, 0.4) is 0 Å². The average molecular weight is 540 g/mol. The summed E-state index contributed by atoms with van der Waals surface area (Å²) in [5.41, 5.74) is 2.63. The third kappa shape index (κ3) is 6.58. The van der Waals surface area contributed by atoms with E-state index in [4.69, 9.17) is 4.74 Å². The first kappa shape index (κ1) is 27.3. The van der Waals surface area contributed by atoms with Gasteiger partial charge in [-0.25, -0.2) is 9.07 Å². The summed E-state index contributed by atoms with van der Waals surface area (Å²) in [6.07, 6.45) is 2.22. The third-order valence-electron chi connectivity index (χ3n) is 6.21. The summed E-state index contributed by atoms with van der Waals surface area (Å²) in [6.45, 7) is 4.34. The van der Waals surface area contributed by atoms with Crippen molar-refractivity contribution in [3.8, 4) is 0 Å². The first-order valence-corrected chi connectivity index (χ1v) is 13.4. The number of hydrogen-bond acceptors (Lipinski definition) is 7. The average Bonchev–Trinajstić information content (AvgIpc) is 3.57. The van der Waals surface area contributed by atoms with Crippen LogP contribution in [-0.2, 0) is 20.9 Å². The summed E-state index contributed by atoms with van der Waals surface area (Å²) < 4.78 is 19.7. The van der Waals surface area contributed by atoms with Crippen LogP contribution in [0, 0.1) is 17.7 Å². The van der Waals surface area contributed by atoms with Gasteiger partial charge in [0.25, 0.3) is 5.91 Å². The third-order valence-corrected chi connectivity index (χ3v) is 7.22. The Morgan fingerprint density at radius 3 is 2.50 bits per heavy atom. The van der Waals surface area contributed by atoms with E-state index in [0.717, 1.165) is 5.56 Å². The topological polar surface area (TPSA) is 106 Å². The van der Waals surface area contributed by atoms with Crippen molar-refractivity contribution < 1.29 is 23.5 Å². The molecule has 1 N–H and O–H groups in total. The highest BCUT2D eigenvalue weighted by atomic mass is 32.2. The van der Waals surface area contributed by atoms with Gasteiger partial charge in [-0.15, -0.1) is 16.9 Å². The van der Waals surface area contributed by atoms with Gasteiger partial charge in [0.2, 0.25) is 5.91 Å². The van der Waals surface area contributed by atoms with Crippen LogP contribution in [0.15, 0.2) is 54.7 Å². The van der Waals surface area contributed by atoms with Gasteiger partial charge in [0.15, 0.2) is 0 Å². The zero-order chi connectivity index (χ0) is 27.2. The normalized spacial score (nSPS) is 15.9. The number of rotatable bonds is 9. The van der Waals surface area contributed by atoms with Crippen molar-refractivity contribution in [2.45, 2.75) is 32.9 Å². The van der Waals surface area contributed by atoms with Crippen LogP contribution < -0.4 is 5.32 Å². The lowest BCUT2D eigenvalue weighted by Gasteiger charge is -2.22. The summed E-state index contributed by atoms with van der Waals surface area (Å²) in [6, 6.07) is 12.6. The van der Waals surface area contributed by atoms with Gasteiger partial charge >= 0.3 is 5.97 Å². The number of esters is 1. The smallest absolute Gasteiger partial charge is 0.318 e.